The van der Waals surface area contributed by atoms with E-state index in [2.05, 4.69) is 17.0 Å². The minimum absolute atomic E-state index is 0.560. The molecule has 0 saturated carbocycles. The van der Waals surface area contributed by atoms with Gasteiger partial charge in [-0.2, -0.15) is 0 Å². The van der Waals surface area contributed by atoms with E-state index >= 15 is 0 Å². The monoisotopic (exact) mass is 250 g/mol. The van der Waals surface area contributed by atoms with Crippen molar-refractivity contribution in [1.82, 2.24) is 0 Å². The van der Waals surface area contributed by atoms with Gasteiger partial charge in [0, 0.05) is 44.4 Å². The SMILES string of the molecule is COCC1CCN(c2cc(OC)ccc2CN)C1. The van der Waals surface area contributed by atoms with Gasteiger partial charge in [0.25, 0.3) is 0 Å². The predicted octanol–water partition coefficient (Wildman–Crippen LogP) is 1.63. The molecule has 1 aromatic carbocycles. The van der Waals surface area contributed by atoms with Crippen molar-refractivity contribution < 1.29 is 9.47 Å². The second-order valence-electron chi connectivity index (χ2n) is 4.75. The Bertz CT molecular complexity index is 395. The van der Waals surface area contributed by atoms with Gasteiger partial charge in [-0.15, -0.1) is 0 Å². The summed E-state index contributed by atoms with van der Waals surface area (Å²) in [4.78, 5) is 2.38. The fourth-order valence-corrected chi connectivity index (χ4v) is 2.56. The number of benzene rings is 1. The third-order valence-corrected chi connectivity index (χ3v) is 3.54. The number of methoxy groups -OCH3 is 2. The third kappa shape index (κ3) is 2.76. The summed E-state index contributed by atoms with van der Waals surface area (Å²) in [6.45, 7) is 3.49. The van der Waals surface area contributed by atoms with Crippen LogP contribution in [0.1, 0.15) is 12.0 Å². The van der Waals surface area contributed by atoms with E-state index in [9.17, 15) is 0 Å². The zero-order valence-corrected chi connectivity index (χ0v) is 11.2. The maximum Gasteiger partial charge on any atom is 0.120 e. The molecule has 0 spiro atoms. The van der Waals surface area contributed by atoms with Crippen LogP contribution in [0.4, 0.5) is 5.69 Å². The number of ether oxygens (including phenoxy) is 2. The van der Waals surface area contributed by atoms with Crippen molar-refractivity contribution in [1.29, 1.82) is 0 Å². The van der Waals surface area contributed by atoms with Crippen molar-refractivity contribution in [3.8, 4) is 5.75 Å². The van der Waals surface area contributed by atoms with Gasteiger partial charge < -0.3 is 20.1 Å². The van der Waals surface area contributed by atoms with Crippen LogP contribution in [0.25, 0.3) is 0 Å². The highest BCUT2D eigenvalue weighted by Crippen LogP contribution is 2.30. The molecule has 0 bridgehead atoms. The molecule has 4 heteroatoms. The van der Waals surface area contributed by atoms with Gasteiger partial charge in [-0.3, -0.25) is 0 Å². The number of anilines is 1. The molecular weight excluding hydrogens is 228 g/mol. The first-order valence-corrected chi connectivity index (χ1v) is 6.39. The molecule has 2 N–H and O–H groups in total. The summed E-state index contributed by atoms with van der Waals surface area (Å²) >= 11 is 0. The molecule has 0 aromatic heterocycles. The largest absolute Gasteiger partial charge is 0.497 e. The predicted molar refractivity (Wildman–Crippen MR) is 73.1 cm³/mol. The topological polar surface area (TPSA) is 47.7 Å². The summed E-state index contributed by atoms with van der Waals surface area (Å²) in [5, 5.41) is 0. The lowest BCUT2D eigenvalue weighted by Gasteiger charge is -2.22. The van der Waals surface area contributed by atoms with Crippen LogP contribution in [0.5, 0.6) is 5.75 Å². The molecular formula is C14H22N2O2. The molecule has 100 valence electrons. The Morgan fingerprint density at radius 1 is 1.39 bits per heavy atom. The lowest BCUT2D eigenvalue weighted by molar-refractivity contribution is 0.161. The van der Waals surface area contributed by atoms with Gasteiger partial charge >= 0.3 is 0 Å². The molecule has 1 fully saturated rings. The van der Waals surface area contributed by atoms with Crippen LogP contribution >= 0.6 is 0 Å². The minimum atomic E-state index is 0.560. The van der Waals surface area contributed by atoms with Gasteiger partial charge in [-0.1, -0.05) is 6.07 Å². The lowest BCUT2D eigenvalue weighted by Crippen LogP contribution is -2.22. The van der Waals surface area contributed by atoms with Crippen LogP contribution in [0.15, 0.2) is 18.2 Å². The molecule has 1 saturated heterocycles. The molecule has 18 heavy (non-hydrogen) atoms. The number of nitrogens with two attached hydrogens (primary N) is 1. The molecule has 0 aliphatic carbocycles. The first-order valence-electron chi connectivity index (χ1n) is 6.39. The summed E-state index contributed by atoms with van der Waals surface area (Å²) in [6, 6.07) is 6.10. The van der Waals surface area contributed by atoms with E-state index in [0.717, 1.165) is 25.4 Å². The minimum Gasteiger partial charge on any atom is -0.497 e. The zero-order valence-electron chi connectivity index (χ0n) is 11.2. The molecule has 2 rings (SSSR count). The van der Waals surface area contributed by atoms with Crippen molar-refractivity contribution in [2.24, 2.45) is 11.7 Å². The Morgan fingerprint density at radius 2 is 2.22 bits per heavy atom. The fraction of sp³-hybridized carbons (Fsp3) is 0.571. The van der Waals surface area contributed by atoms with E-state index in [-0.39, 0.29) is 0 Å². The Hall–Kier alpha value is -1.26. The molecule has 4 nitrogen and oxygen atoms in total. The van der Waals surface area contributed by atoms with Crippen molar-refractivity contribution in [2.75, 3.05) is 38.8 Å². The van der Waals surface area contributed by atoms with Gasteiger partial charge in [0.05, 0.1) is 13.7 Å². The Labute approximate surface area is 109 Å². The highest BCUT2D eigenvalue weighted by Gasteiger charge is 2.24. The Balaban J connectivity index is 2.16. The zero-order chi connectivity index (χ0) is 13.0. The van der Waals surface area contributed by atoms with Crippen molar-refractivity contribution >= 4 is 5.69 Å². The van der Waals surface area contributed by atoms with Crippen molar-refractivity contribution in [3.05, 3.63) is 23.8 Å². The summed E-state index contributed by atoms with van der Waals surface area (Å²) in [7, 11) is 3.46. The molecule has 0 amide bonds. The van der Waals surface area contributed by atoms with E-state index in [0.29, 0.717) is 12.5 Å². The van der Waals surface area contributed by atoms with E-state index in [4.69, 9.17) is 15.2 Å². The van der Waals surface area contributed by atoms with E-state index < -0.39 is 0 Å². The highest BCUT2D eigenvalue weighted by atomic mass is 16.5. The van der Waals surface area contributed by atoms with Gasteiger partial charge in [-0.05, 0) is 18.1 Å². The average Bonchev–Trinajstić information content (AvgIpc) is 2.87. The Kier molecular flexibility index (Phi) is 4.44. The molecule has 1 unspecified atom stereocenters. The molecule has 0 radical (unpaired) electrons. The van der Waals surface area contributed by atoms with Crippen LogP contribution in [-0.2, 0) is 11.3 Å². The van der Waals surface area contributed by atoms with Gasteiger partial charge in [0.1, 0.15) is 5.75 Å². The molecule has 1 aliphatic rings. The van der Waals surface area contributed by atoms with Gasteiger partial charge in [-0.25, -0.2) is 0 Å². The van der Waals surface area contributed by atoms with Crippen LogP contribution in [0.3, 0.4) is 0 Å². The smallest absolute Gasteiger partial charge is 0.120 e. The number of hydrogen-bond donors (Lipinski definition) is 1. The van der Waals surface area contributed by atoms with Crippen LogP contribution in [-0.4, -0.2) is 33.9 Å². The van der Waals surface area contributed by atoms with E-state index in [1.165, 1.54) is 17.7 Å². The summed E-state index contributed by atoms with van der Waals surface area (Å²) in [5.41, 5.74) is 8.19. The standard InChI is InChI=1S/C14H22N2O2/c1-17-10-11-5-6-16(9-11)14-7-13(18-2)4-3-12(14)8-15/h3-4,7,11H,5-6,8-10,15H2,1-2H3. The second kappa shape index (κ2) is 6.07. The van der Waals surface area contributed by atoms with Crippen molar-refractivity contribution in [3.63, 3.8) is 0 Å². The number of hydrogen-bond acceptors (Lipinski definition) is 4. The maximum absolute atomic E-state index is 5.81. The third-order valence-electron chi connectivity index (χ3n) is 3.54. The average molecular weight is 250 g/mol. The van der Waals surface area contributed by atoms with Gasteiger partial charge in [0.15, 0.2) is 0 Å². The number of nitrogens with zero attached hydrogens (tertiary/aromatic N) is 1. The van der Waals surface area contributed by atoms with Crippen LogP contribution in [0.2, 0.25) is 0 Å². The van der Waals surface area contributed by atoms with Crippen LogP contribution in [0, 0.1) is 5.92 Å². The molecule has 1 atom stereocenters. The van der Waals surface area contributed by atoms with Crippen molar-refractivity contribution in [2.45, 2.75) is 13.0 Å². The number of rotatable bonds is 5. The van der Waals surface area contributed by atoms with E-state index in [1.807, 2.05) is 6.07 Å². The second-order valence-corrected chi connectivity index (χ2v) is 4.75. The lowest BCUT2D eigenvalue weighted by atomic mass is 10.1. The normalized spacial score (nSPS) is 19.3. The summed E-state index contributed by atoms with van der Waals surface area (Å²) in [6.07, 6.45) is 1.18. The molecule has 1 aliphatic heterocycles. The molecule has 1 aromatic rings. The molecule has 1 heterocycles. The maximum atomic E-state index is 5.81. The van der Waals surface area contributed by atoms with Crippen LogP contribution < -0.4 is 15.4 Å². The Morgan fingerprint density at radius 3 is 2.89 bits per heavy atom. The summed E-state index contributed by atoms with van der Waals surface area (Å²) in [5.74, 6) is 1.50. The quantitative estimate of drug-likeness (QED) is 0.863. The van der Waals surface area contributed by atoms with Gasteiger partial charge in [0.2, 0.25) is 0 Å². The summed E-state index contributed by atoms with van der Waals surface area (Å²) < 4.78 is 10.5. The van der Waals surface area contributed by atoms with E-state index in [1.54, 1.807) is 14.2 Å². The first kappa shape index (κ1) is 13.2. The first-order chi connectivity index (χ1) is 8.78. The highest BCUT2D eigenvalue weighted by molar-refractivity contribution is 5.58. The fourth-order valence-electron chi connectivity index (χ4n) is 2.56.